The Balaban J connectivity index is 1.55. The minimum Gasteiger partial charge on any atom is -0.457 e. The normalized spacial score (nSPS) is 10.8. The summed E-state index contributed by atoms with van der Waals surface area (Å²) in [5.74, 6) is -0.608. The number of nitrogens with zero attached hydrogens (tertiary/aromatic N) is 1. The van der Waals surface area contributed by atoms with E-state index in [1.54, 1.807) is 7.11 Å². The van der Waals surface area contributed by atoms with Crippen LogP contribution in [0, 0.1) is 13.8 Å². The Bertz CT molecular complexity index is 1000. The average molecular weight is 405 g/mol. The highest BCUT2D eigenvalue weighted by Gasteiger charge is 2.17. The van der Waals surface area contributed by atoms with Crippen molar-refractivity contribution in [2.75, 3.05) is 20.3 Å². The van der Waals surface area contributed by atoms with Gasteiger partial charge in [0.1, 0.15) is 0 Å². The molecule has 2 aromatic carbocycles. The number of methoxy groups -OCH3 is 1. The Morgan fingerprint density at radius 1 is 0.933 bits per heavy atom. The van der Waals surface area contributed by atoms with Crippen LogP contribution in [0.2, 0.25) is 0 Å². The molecule has 30 heavy (non-hydrogen) atoms. The molecule has 3 rings (SSSR count). The predicted molar refractivity (Wildman–Crippen MR) is 117 cm³/mol. The van der Waals surface area contributed by atoms with Crippen LogP contribution in [0.5, 0.6) is 0 Å². The van der Waals surface area contributed by atoms with Crippen molar-refractivity contribution >= 4 is 11.8 Å². The molecule has 0 N–H and O–H groups in total. The second kappa shape index (κ2) is 10.0. The molecule has 0 aliphatic rings. The van der Waals surface area contributed by atoms with E-state index in [0.717, 1.165) is 28.1 Å². The van der Waals surface area contributed by atoms with E-state index in [0.29, 0.717) is 18.7 Å². The first-order valence-electron chi connectivity index (χ1n) is 9.98. The number of carbonyl (C=O) groups excluding carboxylic acids is 2. The summed E-state index contributed by atoms with van der Waals surface area (Å²) < 4.78 is 12.4. The summed E-state index contributed by atoms with van der Waals surface area (Å²) in [6, 6.07) is 19.7. The lowest BCUT2D eigenvalue weighted by Crippen LogP contribution is -2.16. The molecule has 0 fully saturated rings. The lowest BCUT2D eigenvalue weighted by Gasteiger charge is -2.09. The first kappa shape index (κ1) is 21.5. The maximum Gasteiger partial charge on any atom is 0.310 e. The maximum absolute atomic E-state index is 12.5. The number of aryl methyl sites for hydroxylation is 1. The van der Waals surface area contributed by atoms with Gasteiger partial charge in [-0.2, -0.15) is 0 Å². The van der Waals surface area contributed by atoms with E-state index in [2.05, 4.69) is 0 Å². The van der Waals surface area contributed by atoms with Crippen LogP contribution in [0.25, 0.3) is 11.1 Å². The molecule has 0 spiro atoms. The van der Waals surface area contributed by atoms with Crippen molar-refractivity contribution in [3.8, 4) is 11.1 Å². The van der Waals surface area contributed by atoms with E-state index >= 15 is 0 Å². The zero-order valence-corrected chi connectivity index (χ0v) is 17.7. The van der Waals surface area contributed by atoms with Gasteiger partial charge in [-0.05, 0) is 36.6 Å². The van der Waals surface area contributed by atoms with E-state index < -0.39 is 5.97 Å². The minimum absolute atomic E-state index is 0.134. The number of carbonyl (C=O) groups is 2. The summed E-state index contributed by atoms with van der Waals surface area (Å²) in [6.45, 7) is 4.84. The van der Waals surface area contributed by atoms with E-state index in [-0.39, 0.29) is 18.8 Å². The molecule has 0 aliphatic carbocycles. The standard InChI is InChI=1S/C25H27NO4/c1-18-15-23(19(2)26(18)13-14-29-3)24(27)17-30-25(28)16-20-9-11-22(12-10-20)21-7-5-4-6-8-21/h4-12,15H,13-14,16-17H2,1-3H3. The van der Waals surface area contributed by atoms with Crippen LogP contribution in [-0.2, 0) is 27.2 Å². The lowest BCUT2D eigenvalue weighted by molar-refractivity contribution is -0.141. The third kappa shape index (κ3) is 5.24. The minimum atomic E-state index is -0.413. The molecule has 0 aliphatic heterocycles. The Hall–Kier alpha value is -3.18. The Morgan fingerprint density at radius 2 is 1.60 bits per heavy atom. The predicted octanol–water partition coefficient (Wildman–Crippen LogP) is 4.39. The maximum atomic E-state index is 12.5. The molecule has 0 amide bonds. The summed E-state index contributed by atoms with van der Waals surface area (Å²) in [5, 5.41) is 0. The summed E-state index contributed by atoms with van der Waals surface area (Å²) >= 11 is 0. The zero-order valence-electron chi connectivity index (χ0n) is 17.7. The van der Waals surface area contributed by atoms with Gasteiger partial charge < -0.3 is 14.0 Å². The molecule has 0 radical (unpaired) electrons. The molecule has 156 valence electrons. The van der Waals surface area contributed by atoms with Gasteiger partial charge in [0, 0.05) is 30.6 Å². The molecule has 1 aromatic heterocycles. The molecule has 0 saturated carbocycles. The average Bonchev–Trinajstić information content (AvgIpc) is 3.05. The van der Waals surface area contributed by atoms with Crippen LogP contribution in [0.1, 0.15) is 27.3 Å². The highest BCUT2D eigenvalue weighted by molar-refractivity contribution is 5.99. The largest absolute Gasteiger partial charge is 0.457 e. The molecule has 1 heterocycles. The molecule has 3 aromatic rings. The fourth-order valence-electron chi connectivity index (χ4n) is 3.50. The van der Waals surface area contributed by atoms with E-state index in [9.17, 15) is 9.59 Å². The van der Waals surface area contributed by atoms with Gasteiger partial charge >= 0.3 is 5.97 Å². The number of hydrogen-bond donors (Lipinski definition) is 0. The van der Waals surface area contributed by atoms with Crippen LogP contribution < -0.4 is 0 Å². The summed E-state index contributed by atoms with van der Waals surface area (Å²) in [5.41, 5.74) is 5.50. The van der Waals surface area contributed by atoms with Gasteiger partial charge in [0.2, 0.25) is 5.78 Å². The number of hydrogen-bond acceptors (Lipinski definition) is 4. The van der Waals surface area contributed by atoms with Crippen LogP contribution in [0.3, 0.4) is 0 Å². The molecule has 0 bridgehead atoms. The molecule has 0 unspecified atom stereocenters. The van der Waals surface area contributed by atoms with Gasteiger partial charge in [-0.15, -0.1) is 0 Å². The molecular formula is C25H27NO4. The molecule has 0 atom stereocenters. The van der Waals surface area contributed by atoms with Crippen LogP contribution in [0.4, 0.5) is 0 Å². The van der Waals surface area contributed by atoms with Crippen molar-refractivity contribution in [3.63, 3.8) is 0 Å². The highest BCUT2D eigenvalue weighted by Crippen LogP contribution is 2.20. The summed E-state index contributed by atoms with van der Waals surface area (Å²) in [6.07, 6.45) is 0.134. The SMILES string of the molecule is COCCn1c(C)cc(C(=O)COC(=O)Cc2ccc(-c3ccccc3)cc2)c1C. The van der Waals surface area contributed by atoms with Gasteiger partial charge in [-0.3, -0.25) is 9.59 Å². The Kier molecular flexibility index (Phi) is 7.20. The number of benzene rings is 2. The van der Waals surface area contributed by atoms with Crippen LogP contribution >= 0.6 is 0 Å². The molecule has 5 heteroatoms. The van der Waals surface area contributed by atoms with Crippen molar-refractivity contribution in [1.29, 1.82) is 0 Å². The van der Waals surface area contributed by atoms with Gasteiger partial charge in [0.25, 0.3) is 0 Å². The van der Waals surface area contributed by atoms with Crippen molar-refractivity contribution in [2.24, 2.45) is 0 Å². The molecule has 0 saturated heterocycles. The summed E-state index contributed by atoms with van der Waals surface area (Å²) in [4.78, 5) is 24.7. The second-order valence-electron chi connectivity index (χ2n) is 7.25. The Morgan fingerprint density at radius 3 is 2.27 bits per heavy atom. The van der Waals surface area contributed by atoms with E-state index in [4.69, 9.17) is 9.47 Å². The number of ketones is 1. The van der Waals surface area contributed by atoms with Crippen molar-refractivity contribution in [2.45, 2.75) is 26.8 Å². The van der Waals surface area contributed by atoms with Gasteiger partial charge in [-0.25, -0.2) is 0 Å². The number of aromatic nitrogens is 1. The number of ether oxygens (including phenoxy) is 2. The first-order chi connectivity index (χ1) is 14.5. The summed E-state index contributed by atoms with van der Waals surface area (Å²) in [7, 11) is 1.65. The Labute approximate surface area is 177 Å². The van der Waals surface area contributed by atoms with Crippen LogP contribution in [-0.4, -0.2) is 36.6 Å². The monoisotopic (exact) mass is 405 g/mol. The second-order valence-corrected chi connectivity index (χ2v) is 7.25. The molecule has 5 nitrogen and oxygen atoms in total. The first-order valence-corrected chi connectivity index (χ1v) is 9.98. The fraction of sp³-hybridized carbons (Fsp3) is 0.280. The van der Waals surface area contributed by atoms with Gasteiger partial charge in [0.15, 0.2) is 6.61 Å². The smallest absolute Gasteiger partial charge is 0.310 e. The third-order valence-corrected chi connectivity index (χ3v) is 5.17. The number of rotatable bonds is 9. The van der Waals surface area contributed by atoms with Gasteiger partial charge in [0.05, 0.1) is 13.0 Å². The highest BCUT2D eigenvalue weighted by atomic mass is 16.5. The lowest BCUT2D eigenvalue weighted by atomic mass is 10.0. The van der Waals surface area contributed by atoms with E-state index in [1.165, 1.54) is 0 Å². The molecular weight excluding hydrogens is 378 g/mol. The third-order valence-electron chi connectivity index (χ3n) is 5.17. The van der Waals surface area contributed by atoms with Gasteiger partial charge in [-0.1, -0.05) is 54.6 Å². The quantitative estimate of drug-likeness (QED) is 0.391. The zero-order chi connectivity index (χ0) is 21.5. The van der Waals surface area contributed by atoms with E-state index in [1.807, 2.05) is 79.1 Å². The number of esters is 1. The fourth-order valence-corrected chi connectivity index (χ4v) is 3.50. The van der Waals surface area contributed by atoms with Crippen molar-refractivity contribution in [3.05, 3.63) is 83.2 Å². The topological polar surface area (TPSA) is 57.5 Å². The van der Waals surface area contributed by atoms with Crippen molar-refractivity contribution in [1.82, 2.24) is 4.57 Å². The number of Topliss-reactive ketones (excluding diaryl/α,β-unsaturated/α-hetero) is 1. The van der Waals surface area contributed by atoms with Crippen molar-refractivity contribution < 1.29 is 19.1 Å². The van der Waals surface area contributed by atoms with Crippen LogP contribution in [0.15, 0.2) is 60.7 Å².